The van der Waals surface area contributed by atoms with Gasteiger partial charge < -0.3 is 10.1 Å². The fourth-order valence-electron chi connectivity index (χ4n) is 3.51. The van der Waals surface area contributed by atoms with Gasteiger partial charge in [-0.2, -0.15) is 0 Å². The van der Waals surface area contributed by atoms with E-state index in [2.05, 4.69) is 5.32 Å². The van der Waals surface area contributed by atoms with Gasteiger partial charge in [-0.1, -0.05) is 54.6 Å². The highest BCUT2D eigenvalue weighted by atomic mass is 32.2. The summed E-state index contributed by atoms with van der Waals surface area (Å²) in [6.07, 6.45) is -1.10. The minimum absolute atomic E-state index is 0.0258. The first-order chi connectivity index (χ1) is 16.8. The van der Waals surface area contributed by atoms with Crippen LogP contribution in [0, 0.1) is 0 Å². The van der Waals surface area contributed by atoms with Crippen molar-refractivity contribution < 1.29 is 22.7 Å². The predicted octanol–water partition coefficient (Wildman–Crippen LogP) is 4.85. The van der Waals surface area contributed by atoms with Crippen molar-refractivity contribution in [2.45, 2.75) is 17.9 Å². The van der Waals surface area contributed by atoms with Gasteiger partial charge >= 0.3 is 5.97 Å². The van der Waals surface area contributed by atoms with Crippen molar-refractivity contribution in [2.24, 2.45) is 0 Å². The molecule has 0 bridgehead atoms. The molecule has 0 spiro atoms. The van der Waals surface area contributed by atoms with E-state index < -0.39 is 28.0 Å². The van der Waals surface area contributed by atoms with Gasteiger partial charge in [-0.15, -0.1) is 0 Å². The Balaban J connectivity index is 1.45. The Morgan fingerprint density at radius 2 is 1.51 bits per heavy atom. The predicted molar refractivity (Wildman–Crippen MR) is 136 cm³/mol. The summed E-state index contributed by atoms with van der Waals surface area (Å²) in [5.74, 6) is -1.30. The third-order valence-electron chi connectivity index (χ3n) is 5.52. The molecule has 0 aliphatic heterocycles. The van der Waals surface area contributed by atoms with Crippen molar-refractivity contribution in [2.75, 3.05) is 16.7 Å². The number of esters is 1. The number of sulfonamides is 1. The fourth-order valence-corrected chi connectivity index (χ4v) is 4.75. The molecule has 0 heterocycles. The van der Waals surface area contributed by atoms with Crippen LogP contribution in [0.15, 0.2) is 102 Å². The van der Waals surface area contributed by atoms with Crippen LogP contribution in [-0.4, -0.2) is 33.4 Å². The van der Waals surface area contributed by atoms with E-state index in [1.165, 1.54) is 38.2 Å². The first-order valence-corrected chi connectivity index (χ1v) is 12.3. The second-order valence-corrected chi connectivity index (χ2v) is 9.90. The van der Waals surface area contributed by atoms with Crippen molar-refractivity contribution in [3.63, 3.8) is 0 Å². The third kappa shape index (κ3) is 5.33. The summed E-state index contributed by atoms with van der Waals surface area (Å²) in [4.78, 5) is 25.2. The zero-order chi connectivity index (χ0) is 25.0. The molecule has 1 unspecified atom stereocenters. The number of carbonyl (C=O) groups is 2. The fraction of sp³-hybridized carbons (Fsp3) is 0.111. The quantitative estimate of drug-likeness (QED) is 0.376. The number of ether oxygens (including phenoxy) is 1. The third-order valence-corrected chi connectivity index (χ3v) is 7.30. The molecule has 0 fully saturated rings. The molecule has 4 aromatic rings. The Hall–Kier alpha value is -4.17. The summed E-state index contributed by atoms with van der Waals surface area (Å²) in [7, 11) is -2.47. The maximum absolute atomic E-state index is 13.0. The number of hydrogen-bond donors (Lipinski definition) is 1. The minimum Gasteiger partial charge on any atom is -0.449 e. The summed E-state index contributed by atoms with van der Waals surface area (Å²) in [5.41, 5.74) is 1.09. The number of amides is 1. The molecule has 178 valence electrons. The number of nitrogens with one attached hydrogen (secondary N) is 1. The summed E-state index contributed by atoms with van der Waals surface area (Å²) in [6, 6.07) is 27.4. The van der Waals surface area contributed by atoms with Gasteiger partial charge in [0.1, 0.15) is 0 Å². The average Bonchev–Trinajstić information content (AvgIpc) is 2.88. The van der Waals surface area contributed by atoms with Gasteiger partial charge in [0.15, 0.2) is 6.10 Å². The van der Waals surface area contributed by atoms with Crippen molar-refractivity contribution in [1.29, 1.82) is 0 Å². The highest BCUT2D eigenvalue weighted by Gasteiger charge is 2.24. The van der Waals surface area contributed by atoms with Crippen LogP contribution in [0.5, 0.6) is 0 Å². The number of benzene rings is 4. The maximum Gasteiger partial charge on any atom is 0.338 e. The largest absolute Gasteiger partial charge is 0.449 e. The molecular weight excluding hydrogens is 464 g/mol. The molecule has 7 nitrogen and oxygen atoms in total. The lowest BCUT2D eigenvalue weighted by molar-refractivity contribution is -0.123. The van der Waals surface area contributed by atoms with E-state index in [1.54, 1.807) is 36.4 Å². The first kappa shape index (κ1) is 24.0. The summed E-state index contributed by atoms with van der Waals surface area (Å²) in [6.45, 7) is 1.46. The number of para-hydroxylation sites is 1. The van der Waals surface area contributed by atoms with E-state index in [9.17, 15) is 18.0 Å². The smallest absolute Gasteiger partial charge is 0.338 e. The SMILES string of the molecule is CC(OC(=O)c1cccc(S(=O)(=O)N(C)c2ccccc2)c1)C(=O)Nc1ccc2ccccc2c1. The Morgan fingerprint density at radius 1 is 0.829 bits per heavy atom. The van der Waals surface area contributed by atoms with Crippen molar-refractivity contribution in [3.8, 4) is 0 Å². The monoisotopic (exact) mass is 488 g/mol. The van der Waals surface area contributed by atoms with Gasteiger partial charge in [0.05, 0.1) is 16.1 Å². The molecule has 0 saturated carbocycles. The van der Waals surface area contributed by atoms with E-state index in [0.717, 1.165) is 15.1 Å². The molecule has 0 aliphatic rings. The van der Waals surface area contributed by atoms with E-state index >= 15 is 0 Å². The standard InChI is InChI=1S/C27H24N2O5S/c1-19(26(30)28-23-16-15-20-9-6-7-10-21(20)17-23)34-27(31)22-11-8-14-25(18-22)35(32,33)29(2)24-12-4-3-5-13-24/h3-19H,1-2H3,(H,28,30). The molecule has 0 aromatic heterocycles. The van der Waals surface area contributed by atoms with E-state index in [0.29, 0.717) is 11.4 Å². The van der Waals surface area contributed by atoms with Crippen molar-refractivity contribution in [3.05, 3.63) is 103 Å². The minimum atomic E-state index is -3.91. The van der Waals surface area contributed by atoms with Gasteiger partial charge in [-0.05, 0) is 60.2 Å². The number of nitrogens with zero attached hydrogens (tertiary/aromatic N) is 1. The maximum atomic E-state index is 13.0. The van der Waals surface area contributed by atoms with Crippen LogP contribution in [0.4, 0.5) is 11.4 Å². The normalized spacial score (nSPS) is 12.1. The Morgan fingerprint density at radius 3 is 2.26 bits per heavy atom. The molecule has 1 N–H and O–H groups in total. The van der Waals surface area contributed by atoms with E-state index in [-0.39, 0.29) is 10.5 Å². The molecule has 4 rings (SSSR count). The van der Waals surface area contributed by atoms with Crippen molar-refractivity contribution >= 4 is 44.0 Å². The van der Waals surface area contributed by atoms with Gasteiger partial charge in [0.25, 0.3) is 15.9 Å². The molecule has 0 aliphatic carbocycles. The Bertz CT molecular complexity index is 1490. The molecule has 0 saturated heterocycles. The first-order valence-electron chi connectivity index (χ1n) is 10.9. The van der Waals surface area contributed by atoms with Crippen LogP contribution in [0.25, 0.3) is 10.8 Å². The summed E-state index contributed by atoms with van der Waals surface area (Å²) < 4.78 is 32.5. The van der Waals surface area contributed by atoms with Gasteiger partial charge in [-0.25, -0.2) is 13.2 Å². The van der Waals surface area contributed by atoms with Crippen LogP contribution < -0.4 is 9.62 Å². The molecule has 0 radical (unpaired) electrons. The molecule has 35 heavy (non-hydrogen) atoms. The van der Waals surface area contributed by atoms with Crippen LogP contribution in [0.1, 0.15) is 17.3 Å². The van der Waals surface area contributed by atoms with Gasteiger partial charge in [0, 0.05) is 12.7 Å². The highest BCUT2D eigenvalue weighted by molar-refractivity contribution is 7.92. The topological polar surface area (TPSA) is 92.8 Å². The second-order valence-electron chi connectivity index (χ2n) is 7.93. The lowest BCUT2D eigenvalue weighted by Gasteiger charge is -2.20. The number of anilines is 2. The lowest BCUT2D eigenvalue weighted by atomic mass is 10.1. The van der Waals surface area contributed by atoms with E-state index in [1.807, 2.05) is 36.4 Å². The lowest BCUT2D eigenvalue weighted by Crippen LogP contribution is -2.30. The molecule has 4 aromatic carbocycles. The second kappa shape index (κ2) is 9.99. The summed E-state index contributed by atoms with van der Waals surface area (Å²) >= 11 is 0. The highest BCUT2D eigenvalue weighted by Crippen LogP contribution is 2.23. The van der Waals surface area contributed by atoms with E-state index in [4.69, 9.17) is 4.74 Å². The van der Waals surface area contributed by atoms with Crippen LogP contribution in [0.2, 0.25) is 0 Å². The number of rotatable bonds is 7. The Kier molecular flexibility index (Phi) is 6.84. The zero-order valence-corrected chi connectivity index (χ0v) is 20.0. The Labute approximate surface area is 204 Å². The summed E-state index contributed by atoms with van der Waals surface area (Å²) in [5, 5.41) is 4.75. The van der Waals surface area contributed by atoms with Crippen LogP contribution in [0.3, 0.4) is 0 Å². The number of hydrogen-bond acceptors (Lipinski definition) is 5. The average molecular weight is 489 g/mol. The van der Waals surface area contributed by atoms with Crippen molar-refractivity contribution in [1.82, 2.24) is 0 Å². The molecule has 1 amide bonds. The molecule has 1 atom stereocenters. The van der Waals surface area contributed by atoms with Crippen LogP contribution >= 0.6 is 0 Å². The van der Waals surface area contributed by atoms with Crippen LogP contribution in [-0.2, 0) is 19.6 Å². The molecule has 8 heteroatoms. The van der Waals surface area contributed by atoms with Gasteiger partial charge in [-0.3, -0.25) is 9.10 Å². The number of fused-ring (bicyclic) bond motifs is 1. The zero-order valence-electron chi connectivity index (χ0n) is 19.2. The number of carbonyl (C=O) groups excluding carboxylic acids is 2. The van der Waals surface area contributed by atoms with Gasteiger partial charge in [0.2, 0.25) is 0 Å². The molecular formula is C27H24N2O5S.